The van der Waals surface area contributed by atoms with E-state index in [2.05, 4.69) is 4.98 Å². The molecule has 2 aromatic rings. The second-order valence-corrected chi connectivity index (χ2v) is 5.87. The number of aldehydes is 1. The van der Waals surface area contributed by atoms with E-state index in [0.29, 0.717) is 17.3 Å². The normalized spacial score (nSPS) is 14.3. The van der Waals surface area contributed by atoms with E-state index in [4.69, 9.17) is 0 Å². The summed E-state index contributed by atoms with van der Waals surface area (Å²) in [5.41, 5.74) is 1.68. The molecule has 5 heteroatoms. The van der Waals surface area contributed by atoms with E-state index in [9.17, 15) is 9.18 Å². The van der Waals surface area contributed by atoms with Gasteiger partial charge in [-0.2, -0.15) is 0 Å². The number of thiazole rings is 1. The van der Waals surface area contributed by atoms with E-state index >= 15 is 0 Å². The topological polar surface area (TPSA) is 33.2 Å². The minimum atomic E-state index is -0.268. The standard InChI is InChI=1S/C15H15FN2OS/c1-2-18(12-5-3-4-11(16)8-12)15-17-14(10-6-7-10)13(9-19)20-15/h3-5,8-10H,2,6-7H2,1H3. The molecule has 0 radical (unpaired) electrons. The number of anilines is 2. The summed E-state index contributed by atoms with van der Waals surface area (Å²) in [5.74, 6) is 0.168. The maximum absolute atomic E-state index is 13.4. The van der Waals surface area contributed by atoms with Crippen molar-refractivity contribution in [2.75, 3.05) is 11.4 Å². The number of benzene rings is 1. The highest BCUT2D eigenvalue weighted by atomic mass is 32.1. The Labute approximate surface area is 121 Å². The second kappa shape index (κ2) is 5.32. The molecule has 0 atom stereocenters. The Kier molecular flexibility index (Phi) is 3.53. The van der Waals surface area contributed by atoms with Crippen LogP contribution < -0.4 is 4.90 Å². The Morgan fingerprint density at radius 1 is 1.50 bits per heavy atom. The molecule has 1 aromatic carbocycles. The van der Waals surface area contributed by atoms with Gasteiger partial charge in [-0.3, -0.25) is 4.79 Å². The first kappa shape index (κ1) is 13.2. The fourth-order valence-electron chi connectivity index (χ4n) is 2.25. The van der Waals surface area contributed by atoms with E-state index in [1.807, 2.05) is 17.9 Å². The van der Waals surface area contributed by atoms with Crippen molar-refractivity contribution in [3.05, 3.63) is 40.7 Å². The highest BCUT2D eigenvalue weighted by Crippen LogP contribution is 2.44. The molecule has 20 heavy (non-hydrogen) atoms. The van der Waals surface area contributed by atoms with Crippen LogP contribution in [0.5, 0.6) is 0 Å². The molecular formula is C15H15FN2OS. The lowest BCUT2D eigenvalue weighted by atomic mass is 10.2. The number of rotatable bonds is 5. The van der Waals surface area contributed by atoms with Crippen molar-refractivity contribution in [1.29, 1.82) is 0 Å². The van der Waals surface area contributed by atoms with Crippen molar-refractivity contribution in [3.8, 4) is 0 Å². The van der Waals surface area contributed by atoms with Crippen LogP contribution in [0, 0.1) is 5.82 Å². The summed E-state index contributed by atoms with van der Waals surface area (Å²) in [5, 5.41) is 0.766. The number of carbonyl (C=O) groups is 1. The van der Waals surface area contributed by atoms with Crippen LogP contribution in [-0.4, -0.2) is 17.8 Å². The number of nitrogens with zero attached hydrogens (tertiary/aromatic N) is 2. The van der Waals surface area contributed by atoms with E-state index < -0.39 is 0 Å². The van der Waals surface area contributed by atoms with Crippen molar-refractivity contribution < 1.29 is 9.18 Å². The molecule has 1 aliphatic carbocycles. The number of aromatic nitrogens is 1. The first-order valence-corrected chi connectivity index (χ1v) is 7.53. The molecule has 1 saturated carbocycles. The molecule has 0 N–H and O–H groups in total. The summed E-state index contributed by atoms with van der Waals surface area (Å²) in [6, 6.07) is 6.45. The molecule has 0 spiro atoms. The average molecular weight is 290 g/mol. The lowest BCUT2D eigenvalue weighted by Crippen LogP contribution is -2.15. The monoisotopic (exact) mass is 290 g/mol. The third-order valence-corrected chi connectivity index (χ3v) is 4.43. The lowest BCUT2D eigenvalue weighted by molar-refractivity contribution is 0.112. The Morgan fingerprint density at radius 2 is 2.30 bits per heavy atom. The summed E-state index contributed by atoms with van der Waals surface area (Å²) >= 11 is 1.39. The zero-order valence-electron chi connectivity index (χ0n) is 11.2. The van der Waals surface area contributed by atoms with Gasteiger partial charge in [0.2, 0.25) is 0 Å². The maximum atomic E-state index is 13.4. The maximum Gasteiger partial charge on any atom is 0.190 e. The van der Waals surface area contributed by atoms with Crippen molar-refractivity contribution in [2.24, 2.45) is 0 Å². The number of hydrogen-bond donors (Lipinski definition) is 0. The molecule has 0 bridgehead atoms. The van der Waals surface area contributed by atoms with Crippen LogP contribution in [0.4, 0.5) is 15.2 Å². The number of hydrogen-bond acceptors (Lipinski definition) is 4. The van der Waals surface area contributed by atoms with Crippen LogP contribution in [0.1, 0.15) is 41.0 Å². The predicted octanol–water partition coefficient (Wildman–Crippen LogP) is 4.13. The fraction of sp³-hybridized carbons (Fsp3) is 0.333. The van der Waals surface area contributed by atoms with Crippen LogP contribution in [0.15, 0.2) is 24.3 Å². The Bertz CT molecular complexity index is 637. The first-order valence-electron chi connectivity index (χ1n) is 6.72. The van der Waals surface area contributed by atoms with E-state index in [0.717, 1.165) is 35.6 Å². The largest absolute Gasteiger partial charge is 0.318 e. The molecule has 1 heterocycles. The molecule has 3 nitrogen and oxygen atoms in total. The Balaban J connectivity index is 1.98. The number of carbonyl (C=O) groups excluding carboxylic acids is 1. The SMILES string of the molecule is CCN(c1cccc(F)c1)c1nc(C2CC2)c(C=O)s1. The Hall–Kier alpha value is -1.75. The lowest BCUT2D eigenvalue weighted by Gasteiger charge is -2.19. The van der Waals surface area contributed by atoms with Crippen LogP contribution in [0.3, 0.4) is 0 Å². The molecular weight excluding hydrogens is 275 g/mol. The van der Waals surface area contributed by atoms with Gasteiger partial charge in [-0.15, -0.1) is 0 Å². The second-order valence-electron chi connectivity index (χ2n) is 4.86. The molecule has 1 aliphatic rings. The average Bonchev–Trinajstić information content (AvgIpc) is 3.20. The summed E-state index contributed by atoms with van der Waals surface area (Å²) in [4.78, 5) is 18.4. The van der Waals surface area contributed by atoms with Gasteiger partial charge in [-0.05, 0) is 38.0 Å². The van der Waals surface area contributed by atoms with Gasteiger partial charge in [0.25, 0.3) is 0 Å². The molecule has 0 aliphatic heterocycles. The number of halogens is 1. The van der Waals surface area contributed by atoms with Gasteiger partial charge < -0.3 is 4.90 Å². The summed E-state index contributed by atoms with van der Waals surface area (Å²) in [6.45, 7) is 2.67. The third kappa shape index (κ3) is 2.45. The van der Waals surface area contributed by atoms with Crippen molar-refractivity contribution in [3.63, 3.8) is 0 Å². The fourth-order valence-corrected chi connectivity index (χ4v) is 3.30. The zero-order chi connectivity index (χ0) is 14.1. The zero-order valence-corrected chi connectivity index (χ0v) is 12.0. The van der Waals surface area contributed by atoms with Gasteiger partial charge in [0.05, 0.1) is 10.6 Å². The molecule has 104 valence electrons. The van der Waals surface area contributed by atoms with Crippen molar-refractivity contribution in [2.45, 2.75) is 25.7 Å². The minimum Gasteiger partial charge on any atom is -0.318 e. The van der Waals surface area contributed by atoms with Crippen molar-refractivity contribution in [1.82, 2.24) is 4.98 Å². The molecule has 0 saturated heterocycles. The van der Waals surface area contributed by atoms with E-state index in [1.165, 1.54) is 23.5 Å². The quantitative estimate of drug-likeness (QED) is 0.776. The molecule has 1 aromatic heterocycles. The van der Waals surface area contributed by atoms with Crippen LogP contribution in [0.2, 0.25) is 0 Å². The van der Waals surface area contributed by atoms with Crippen molar-refractivity contribution >= 4 is 28.4 Å². The van der Waals surface area contributed by atoms with E-state index in [-0.39, 0.29) is 5.82 Å². The van der Waals surface area contributed by atoms with Gasteiger partial charge in [0, 0.05) is 18.2 Å². The highest BCUT2D eigenvalue weighted by molar-refractivity contribution is 7.17. The molecule has 1 fully saturated rings. The molecule has 0 amide bonds. The predicted molar refractivity (Wildman–Crippen MR) is 78.6 cm³/mol. The first-order chi connectivity index (χ1) is 9.72. The van der Waals surface area contributed by atoms with Crippen LogP contribution in [-0.2, 0) is 0 Å². The molecule has 3 rings (SSSR count). The summed E-state index contributed by atoms with van der Waals surface area (Å²) < 4.78 is 13.4. The minimum absolute atomic E-state index is 0.268. The van der Waals surface area contributed by atoms with Gasteiger partial charge >= 0.3 is 0 Å². The van der Waals surface area contributed by atoms with Crippen LogP contribution in [0.25, 0.3) is 0 Å². The summed E-state index contributed by atoms with van der Waals surface area (Å²) in [6.07, 6.45) is 3.10. The van der Waals surface area contributed by atoms with E-state index in [1.54, 1.807) is 6.07 Å². The summed E-state index contributed by atoms with van der Waals surface area (Å²) in [7, 11) is 0. The highest BCUT2D eigenvalue weighted by Gasteiger charge is 2.30. The smallest absolute Gasteiger partial charge is 0.190 e. The van der Waals surface area contributed by atoms with Gasteiger partial charge in [0.15, 0.2) is 11.4 Å². The van der Waals surface area contributed by atoms with Gasteiger partial charge in [0.1, 0.15) is 5.82 Å². The molecule has 0 unspecified atom stereocenters. The van der Waals surface area contributed by atoms with Gasteiger partial charge in [-0.25, -0.2) is 9.37 Å². The van der Waals surface area contributed by atoms with Gasteiger partial charge in [-0.1, -0.05) is 17.4 Å². The Morgan fingerprint density at radius 3 is 2.90 bits per heavy atom. The van der Waals surface area contributed by atoms with Crippen LogP contribution >= 0.6 is 11.3 Å². The third-order valence-electron chi connectivity index (χ3n) is 3.41.